The fourth-order valence-electron chi connectivity index (χ4n) is 2.32. The monoisotopic (exact) mass is 424 g/mol. The van der Waals surface area contributed by atoms with Crippen LogP contribution in [-0.2, 0) is 6.61 Å². The molecule has 134 valence electrons. The molecule has 27 heavy (non-hydrogen) atoms. The molecule has 8 heteroatoms. The van der Waals surface area contributed by atoms with E-state index in [2.05, 4.69) is 32.0 Å². The van der Waals surface area contributed by atoms with Crippen LogP contribution in [0.3, 0.4) is 0 Å². The second-order valence-corrected chi connectivity index (χ2v) is 6.45. The van der Waals surface area contributed by atoms with E-state index in [1.807, 2.05) is 24.3 Å². The zero-order chi connectivity index (χ0) is 19.4. The van der Waals surface area contributed by atoms with Gasteiger partial charge in [-0.15, -0.1) is 0 Å². The Hall–Kier alpha value is -3.44. The van der Waals surface area contributed by atoms with Crippen molar-refractivity contribution in [2.75, 3.05) is 5.73 Å². The molecule has 3 rings (SSSR count). The summed E-state index contributed by atoms with van der Waals surface area (Å²) in [6.45, 7) is 0.318. The summed E-state index contributed by atoms with van der Waals surface area (Å²) in [5.41, 5.74) is 7.30. The number of anilines is 1. The van der Waals surface area contributed by atoms with Crippen LogP contribution in [0.4, 0.5) is 5.82 Å². The van der Waals surface area contributed by atoms with Crippen LogP contribution in [-0.4, -0.2) is 21.0 Å². The fraction of sp³-hybridized carbons (Fsp3) is 0.0526. The predicted octanol–water partition coefficient (Wildman–Crippen LogP) is 3.64. The van der Waals surface area contributed by atoms with Gasteiger partial charge in [-0.05, 0) is 35.9 Å². The highest BCUT2D eigenvalue weighted by Crippen LogP contribution is 2.26. The van der Waals surface area contributed by atoms with Gasteiger partial charge in [0.15, 0.2) is 5.82 Å². The van der Waals surface area contributed by atoms with Crippen LogP contribution in [0.1, 0.15) is 21.5 Å². The molecule has 0 saturated carbocycles. The largest absolute Gasteiger partial charge is 0.488 e. The van der Waals surface area contributed by atoms with Gasteiger partial charge in [0.1, 0.15) is 29.8 Å². The summed E-state index contributed by atoms with van der Waals surface area (Å²) < 4.78 is 6.71. The van der Waals surface area contributed by atoms with E-state index >= 15 is 0 Å². The Morgan fingerprint density at radius 2 is 2.00 bits per heavy atom. The first-order valence-electron chi connectivity index (χ1n) is 7.75. The molecule has 0 spiro atoms. The molecule has 3 aromatic rings. The summed E-state index contributed by atoms with van der Waals surface area (Å²) in [6, 6.07) is 14.7. The molecule has 1 aromatic heterocycles. The Bertz CT molecular complexity index is 1050. The second-order valence-electron chi connectivity index (χ2n) is 5.54. The van der Waals surface area contributed by atoms with Gasteiger partial charge < -0.3 is 15.6 Å². The van der Waals surface area contributed by atoms with Crippen LogP contribution >= 0.6 is 15.9 Å². The third-order valence-corrected chi connectivity index (χ3v) is 4.24. The summed E-state index contributed by atoms with van der Waals surface area (Å²) in [5.74, 6) is -0.678. The number of hydrogen-bond acceptors (Lipinski definition) is 6. The quantitative estimate of drug-likeness (QED) is 0.640. The summed E-state index contributed by atoms with van der Waals surface area (Å²) >= 11 is 3.37. The number of aromatic carboxylic acids is 1. The second kappa shape index (κ2) is 7.85. The Morgan fingerprint density at radius 1 is 1.26 bits per heavy atom. The number of carboxylic acids is 1. The first-order valence-corrected chi connectivity index (χ1v) is 8.55. The lowest BCUT2D eigenvalue weighted by Gasteiger charge is -2.10. The number of ether oxygens (including phenoxy) is 1. The van der Waals surface area contributed by atoms with Crippen LogP contribution in [0.25, 0.3) is 11.4 Å². The number of rotatable bonds is 5. The molecular formula is C19H13BrN4O3. The molecule has 2 aromatic carbocycles. The van der Waals surface area contributed by atoms with Crippen LogP contribution < -0.4 is 10.5 Å². The van der Waals surface area contributed by atoms with Crippen molar-refractivity contribution in [2.24, 2.45) is 0 Å². The summed E-state index contributed by atoms with van der Waals surface area (Å²) in [5, 5.41) is 18.4. The van der Waals surface area contributed by atoms with Crippen molar-refractivity contribution in [1.29, 1.82) is 5.26 Å². The van der Waals surface area contributed by atoms with E-state index in [1.165, 1.54) is 0 Å². The number of nitrogens with zero attached hydrogens (tertiary/aromatic N) is 3. The Labute approximate surface area is 163 Å². The highest BCUT2D eigenvalue weighted by atomic mass is 79.9. The van der Waals surface area contributed by atoms with Gasteiger partial charge in [0.05, 0.1) is 5.56 Å². The third-order valence-electron chi connectivity index (χ3n) is 3.71. The number of nitrogens with two attached hydrogens (primary N) is 1. The maximum absolute atomic E-state index is 11.0. The Kier molecular flexibility index (Phi) is 5.33. The number of halogens is 1. The molecule has 0 saturated heterocycles. The average molecular weight is 425 g/mol. The van der Waals surface area contributed by atoms with E-state index in [-0.39, 0.29) is 17.2 Å². The molecule has 7 nitrogen and oxygen atoms in total. The van der Waals surface area contributed by atoms with Gasteiger partial charge in [0.25, 0.3) is 0 Å². The minimum atomic E-state index is -1.20. The molecule has 0 aliphatic rings. The Morgan fingerprint density at radius 3 is 2.63 bits per heavy atom. The molecule has 0 aliphatic heterocycles. The van der Waals surface area contributed by atoms with E-state index < -0.39 is 5.97 Å². The van der Waals surface area contributed by atoms with Gasteiger partial charge in [-0.2, -0.15) is 5.26 Å². The standard InChI is InChI=1S/C19H13BrN4O3/c20-14-4-1-11(2-5-14)10-27-16-6-3-12(7-13(16)8-21)18-23-9-15(19(25)26)17(22)24-18/h1-7,9H,10H2,(H,25,26)(H2,22,23,24). The molecule has 0 bridgehead atoms. The molecule has 0 aliphatic carbocycles. The first kappa shape index (κ1) is 18.4. The van der Waals surface area contributed by atoms with Crippen molar-refractivity contribution >= 4 is 27.7 Å². The number of carboxylic acid groups (broad SMARTS) is 1. The van der Waals surface area contributed by atoms with E-state index in [9.17, 15) is 10.1 Å². The predicted molar refractivity (Wildman–Crippen MR) is 102 cm³/mol. The van der Waals surface area contributed by atoms with Gasteiger partial charge in [0.2, 0.25) is 0 Å². The number of aromatic nitrogens is 2. The van der Waals surface area contributed by atoms with Crippen LogP contribution in [0, 0.1) is 11.3 Å². The number of carbonyl (C=O) groups is 1. The van der Waals surface area contributed by atoms with Crippen molar-refractivity contribution in [3.05, 3.63) is 69.8 Å². The van der Waals surface area contributed by atoms with Crippen molar-refractivity contribution in [3.8, 4) is 23.2 Å². The third kappa shape index (κ3) is 4.22. The maximum Gasteiger partial charge on any atom is 0.341 e. The van der Waals surface area contributed by atoms with Crippen molar-refractivity contribution in [1.82, 2.24) is 9.97 Å². The smallest absolute Gasteiger partial charge is 0.341 e. The number of nitriles is 1. The number of nitrogen functional groups attached to an aromatic ring is 1. The minimum Gasteiger partial charge on any atom is -0.488 e. The lowest BCUT2D eigenvalue weighted by atomic mass is 10.1. The van der Waals surface area contributed by atoms with Crippen LogP contribution in [0.2, 0.25) is 0 Å². The van der Waals surface area contributed by atoms with Crippen molar-refractivity contribution in [3.63, 3.8) is 0 Å². The van der Waals surface area contributed by atoms with Gasteiger partial charge in [-0.25, -0.2) is 14.8 Å². The van der Waals surface area contributed by atoms with Crippen LogP contribution in [0.5, 0.6) is 5.75 Å². The van der Waals surface area contributed by atoms with Gasteiger partial charge in [0, 0.05) is 16.2 Å². The van der Waals surface area contributed by atoms with E-state index in [4.69, 9.17) is 15.6 Å². The molecule has 0 unspecified atom stereocenters. The minimum absolute atomic E-state index is 0.137. The van der Waals surface area contributed by atoms with Gasteiger partial charge in [-0.1, -0.05) is 28.1 Å². The normalized spacial score (nSPS) is 10.2. The average Bonchev–Trinajstić information content (AvgIpc) is 2.67. The molecule has 0 radical (unpaired) electrons. The highest BCUT2D eigenvalue weighted by molar-refractivity contribution is 9.10. The lowest BCUT2D eigenvalue weighted by molar-refractivity contribution is 0.0697. The molecule has 1 heterocycles. The summed E-state index contributed by atoms with van der Waals surface area (Å²) in [6.07, 6.45) is 1.14. The van der Waals surface area contributed by atoms with Crippen molar-refractivity contribution < 1.29 is 14.6 Å². The Balaban J connectivity index is 1.84. The topological polar surface area (TPSA) is 122 Å². The molecular weight excluding hydrogens is 412 g/mol. The van der Waals surface area contributed by atoms with E-state index in [0.29, 0.717) is 23.5 Å². The molecule has 3 N–H and O–H groups in total. The highest BCUT2D eigenvalue weighted by Gasteiger charge is 2.13. The SMILES string of the molecule is N#Cc1cc(-c2ncc(C(=O)O)c(N)n2)ccc1OCc1ccc(Br)cc1. The molecule has 0 fully saturated rings. The zero-order valence-corrected chi connectivity index (χ0v) is 15.5. The summed E-state index contributed by atoms with van der Waals surface area (Å²) in [7, 11) is 0. The summed E-state index contributed by atoms with van der Waals surface area (Å²) in [4.78, 5) is 19.0. The van der Waals surface area contributed by atoms with Gasteiger partial charge >= 0.3 is 5.97 Å². The lowest BCUT2D eigenvalue weighted by Crippen LogP contribution is -2.06. The zero-order valence-electron chi connectivity index (χ0n) is 13.9. The fourth-order valence-corrected chi connectivity index (χ4v) is 2.59. The van der Waals surface area contributed by atoms with E-state index in [1.54, 1.807) is 18.2 Å². The number of hydrogen-bond donors (Lipinski definition) is 2. The van der Waals surface area contributed by atoms with Crippen molar-refractivity contribution in [2.45, 2.75) is 6.61 Å². The van der Waals surface area contributed by atoms with Crippen LogP contribution in [0.15, 0.2) is 53.1 Å². The molecule has 0 atom stereocenters. The first-order chi connectivity index (χ1) is 13.0. The maximum atomic E-state index is 11.0. The van der Waals surface area contributed by atoms with E-state index in [0.717, 1.165) is 16.2 Å². The molecule has 0 amide bonds. The van der Waals surface area contributed by atoms with Gasteiger partial charge in [-0.3, -0.25) is 0 Å². The number of benzene rings is 2.